The summed E-state index contributed by atoms with van der Waals surface area (Å²) in [4.78, 5) is 119. The smallest absolute Gasteiger partial charge is 0.550 e. The minimum absolute atomic E-state index is 0. The number of nitrogens with one attached hydrogen (secondary N) is 6. The van der Waals surface area contributed by atoms with Crippen molar-refractivity contribution in [1.82, 2.24) is 59.8 Å². The molecule has 28 heteroatoms. The minimum Gasteiger partial charge on any atom is -0.550 e. The largest absolute Gasteiger partial charge is 3.00 e. The van der Waals surface area contributed by atoms with Gasteiger partial charge in [-0.25, -0.2) is 29.9 Å². The Morgan fingerprint density at radius 2 is 0.469 bits per heavy atom. The molecule has 0 saturated carbocycles. The number of carbonyl (C=O) groups excluding carboxylic acids is 3. The van der Waals surface area contributed by atoms with E-state index in [-0.39, 0.29) is 94.8 Å². The van der Waals surface area contributed by atoms with Crippen LogP contribution in [0.1, 0.15) is 295 Å². The maximum Gasteiger partial charge on any atom is 3.00 e. The first-order valence-electron chi connectivity index (χ1n) is 44.2. The van der Waals surface area contributed by atoms with Crippen LogP contribution in [0.3, 0.4) is 0 Å². The van der Waals surface area contributed by atoms with Crippen LogP contribution in [0.5, 0.6) is 17.2 Å². The Labute approximate surface area is 765 Å². The van der Waals surface area contributed by atoms with Gasteiger partial charge in [-0.05, 0) is 368 Å². The molecule has 0 saturated heterocycles. The molecular formula is C102H111GaN12O15. The second-order valence-corrected chi connectivity index (χ2v) is 33.8. The number of aromatic hydroxyl groups is 3. The van der Waals surface area contributed by atoms with Gasteiger partial charge >= 0.3 is 37.7 Å². The van der Waals surface area contributed by atoms with Crippen molar-refractivity contribution in [2.75, 3.05) is 0 Å². The number of aromatic amines is 6. The summed E-state index contributed by atoms with van der Waals surface area (Å²) in [6, 6.07) is 17.3. The first-order chi connectivity index (χ1) is 61.3. The molecule has 0 radical (unpaired) electrons. The number of carbonyl (C=O) groups is 6. The summed E-state index contributed by atoms with van der Waals surface area (Å²) in [5.41, 5.74) is 38.4. The van der Waals surface area contributed by atoms with Crippen molar-refractivity contribution in [1.29, 1.82) is 0 Å². The van der Waals surface area contributed by atoms with E-state index >= 15 is 0 Å². The Kier molecular flexibility index (Phi) is 29.0. The van der Waals surface area contributed by atoms with Crippen LogP contribution >= 0.6 is 0 Å². The number of carboxylic acid groups (broad SMARTS) is 6. The predicted molar refractivity (Wildman–Crippen MR) is 507 cm³/mol. The van der Waals surface area contributed by atoms with Gasteiger partial charge in [0, 0.05) is 86.8 Å². The molecule has 0 aromatic carbocycles. The van der Waals surface area contributed by atoms with Crippen molar-refractivity contribution in [2.45, 2.75) is 240 Å². The Hall–Kier alpha value is -13.3. The molecule has 0 amide bonds. The maximum absolute atomic E-state index is 11.7. The van der Waals surface area contributed by atoms with E-state index in [0.717, 1.165) is 200 Å². The van der Waals surface area contributed by atoms with Gasteiger partial charge < -0.3 is 90.2 Å². The molecule has 9 aromatic rings. The van der Waals surface area contributed by atoms with Gasteiger partial charge in [-0.3, -0.25) is 14.4 Å². The van der Waals surface area contributed by atoms with E-state index in [4.69, 9.17) is 29.9 Å². The zero-order valence-electron chi connectivity index (χ0n) is 77.0. The first-order valence-corrected chi connectivity index (χ1v) is 44.2. The van der Waals surface area contributed by atoms with Crippen molar-refractivity contribution in [3.8, 4) is 17.2 Å². The monoisotopic (exact) mass is 1810 g/mol. The summed E-state index contributed by atoms with van der Waals surface area (Å²) >= 11 is 0. The Bertz CT molecular complexity index is 6380. The summed E-state index contributed by atoms with van der Waals surface area (Å²) in [5.74, 6) is -5.86. The normalized spacial score (nSPS) is 13.2. The molecule has 0 atom stereocenters. The summed E-state index contributed by atoms with van der Waals surface area (Å²) < 4.78 is 0. The number of nitrogens with zero attached hydrogens (tertiary/aromatic N) is 6. The SMILES string of the molecule is CCC1=C(C)c2nc1cc1[nH]c(cc3nc(cc4[nH]c(c2O)c(CC)c4C)C(C)=C3CCC(=O)[O-])c(CCC(=O)O)c1C.CCC1=C(C)c2nc1cc1[nH]c(cc3nc(cc4[nH]c(c2O)c(CC)c4C)C(C)=C3CCC(=O)[O-])c(CCC(=O)O)c1C.CCC1=C(C)c2nc1cc1[nH]c(cc3nc(cc4[nH]c(c2O)c(CC)c4C)C(C)=C3CCC(=O)[O-])c(CCC(=O)O)c1C.[Ga+3]. The van der Waals surface area contributed by atoms with E-state index in [1.165, 1.54) is 0 Å². The second-order valence-electron chi connectivity index (χ2n) is 33.8. The number of aliphatic carboxylic acids is 6. The molecule has 27 nitrogen and oxygen atoms in total. The average Bonchev–Trinajstić information content (AvgIpc) is 1.61. The van der Waals surface area contributed by atoms with Crippen LogP contribution in [0.4, 0.5) is 0 Å². The third-order valence-electron chi connectivity index (χ3n) is 26.4. The van der Waals surface area contributed by atoms with Gasteiger partial charge in [0.25, 0.3) is 0 Å². The number of allylic oxidation sites excluding steroid dienone is 12. The molecule has 15 heterocycles. The van der Waals surface area contributed by atoms with E-state index in [1.54, 1.807) is 0 Å². The third kappa shape index (κ3) is 18.8. The van der Waals surface area contributed by atoms with Crippen LogP contribution in [0.15, 0.2) is 54.6 Å². The van der Waals surface area contributed by atoms with Gasteiger partial charge in [0.2, 0.25) is 0 Å². The van der Waals surface area contributed by atoms with E-state index < -0.39 is 35.8 Å². The summed E-state index contributed by atoms with van der Waals surface area (Å²) in [7, 11) is 0. The average molecular weight is 1810 g/mol. The second kappa shape index (κ2) is 39.3. The topological polar surface area (TPSA) is 465 Å². The Morgan fingerprint density at radius 3 is 0.685 bits per heavy atom. The van der Waals surface area contributed by atoms with Crippen molar-refractivity contribution in [3.05, 3.63) is 190 Å². The standard InChI is InChI=1S/3C34H38N4O5.Ga/c3*1-7-20-19(6)32-34(43)33-21(8-2)16(3)26(37-33)13-24-17(4)22(9-11-30(39)40)28(35-24)15-29-23(10-12-31(41)42)18(5)25(36-29)14-27(20)38-32;/h3*13-15,36-37,43H,7-12H2,1-6H3,(H,39,40)(H,41,42);/q;;;+3/p-3. The minimum atomic E-state index is -1.14. The summed E-state index contributed by atoms with van der Waals surface area (Å²) in [6.45, 7) is 35.9. The molecule has 24 bridgehead atoms. The van der Waals surface area contributed by atoms with Gasteiger partial charge in [-0.1, -0.05) is 41.5 Å². The van der Waals surface area contributed by atoms with Gasteiger partial charge in [0.05, 0.1) is 67.8 Å². The zero-order valence-corrected chi connectivity index (χ0v) is 79.5. The maximum atomic E-state index is 11.7. The predicted octanol–water partition coefficient (Wildman–Crippen LogP) is 17.7. The van der Waals surface area contributed by atoms with Crippen LogP contribution < -0.4 is 15.3 Å². The molecule has 0 spiro atoms. The first kappa shape index (κ1) is 95.8. The molecule has 0 aliphatic carbocycles. The molecule has 0 unspecified atom stereocenters. The number of rotatable bonds is 24. The van der Waals surface area contributed by atoms with Crippen molar-refractivity contribution in [3.63, 3.8) is 0 Å². The molecule has 9 aromatic heterocycles. The summed E-state index contributed by atoms with van der Waals surface area (Å²) in [6.07, 6.45) is 5.30. The molecule has 6 aliphatic heterocycles. The van der Waals surface area contributed by atoms with Crippen molar-refractivity contribution >= 4 is 189 Å². The third-order valence-corrected chi connectivity index (χ3v) is 26.4. The number of fused-ring (bicyclic) bond motifs is 24. The van der Waals surface area contributed by atoms with Gasteiger partial charge in [-0.2, -0.15) is 0 Å². The van der Waals surface area contributed by atoms with Crippen LogP contribution in [-0.2, 0) is 67.3 Å². The molecule has 12 N–H and O–H groups in total. The number of carboxylic acids is 6. The number of aryl methyl sites for hydroxylation is 12. The molecule has 130 heavy (non-hydrogen) atoms. The molecule has 0 fully saturated rings. The van der Waals surface area contributed by atoms with E-state index in [1.807, 2.05) is 158 Å². The van der Waals surface area contributed by atoms with E-state index in [9.17, 15) is 74.7 Å². The van der Waals surface area contributed by atoms with Gasteiger partial charge in [0.1, 0.15) is 17.1 Å². The zero-order chi connectivity index (χ0) is 93.5. The molecule has 6 aliphatic rings. The Balaban J connectivity index is 0.000000176. The van der Waals surface area contributed by atoms with Crippen molar-refractivity contribution < 1.29 is 74.7 Å². The van der Waals surface area contributed by atoms with Crippen LogP contribution in [0, 0.1) is 41.5 Å². The fraction of sp³-hybridized carbons (Fsp3) is 0.353. The van der Waals surface area contributed by atoms with Crippen LogP contribution in [0.2, 0.25) is 0 Å². The summed E-state index contributed by atoms with van der Waals surface area (Å²) in [5, 5.41) is 97.7. The van der Waals surface area contributed by atoms with E-state index in [0.29, 0.717) is 126 Å². The van der Waals surface area contributed by atoms with Gasteiger partial charge in [0.15, 0.2) is 17.2 Å². The quantitative estimate of drug-likeness (QED) is 0.0250. The number of hydrogen-bond acceptors (Lipinski definition) is 18. The van der Waals surface area contributed by atoms with Gasteiger partial charge in [-0.15, -0.1) is 0 Å². The molecular weight excluding hydrogens is 1700 g/mol. The fourth-order valence-electron chi connectivity index (χ4n) is 18.9. The number of aromatic nitrogens is 12. The molecule has 15 rings (SSSR count). The van der Waals surface area contributed by atoms with E-state index in [2.05, 4.69) is 50.7 Å². The van der Waals surface area contributed by atoms with Crippen LogP contribution in [0.25, 0.3) is 133 Å². The number of hydrogen-bond donors (Lipinski definition) is 12. The van der Waals surface area contributed by atoms with Crippen LogP contribution in [-0.4, -0.2) is 146 Å². The fourth-order valence-corrected chi connectivity index (χ4v) is 18.9. The number of H-pyrrole nitrogens is 6. The Morgan fingerprint density at radius 1 is 0.262 bits per heavy atom. The van der Waals surface area contributed by atoms with Crippen molar-refractivity contribution in [2.24, 2.45) is 0 Å². The molecule has 672 valence electrons.